The van der Waals surface area contributed by atoms with Gasteiger partial charge in [0.2, 0.25) is 0 Å². The number of hydrogen-bond donors (Lipinski definition) is 2. The van der Waals surface area contributed by atoms with Crippen LogP contribution in [0.15, 0.2) is 16.5 Å². The third kappa shape index (κ3) is 4.15. The van der Waals surface area contributed by atoms with Crippen molar-refractivity contribution in [3.63, 3.8) is 0 Å². The summed E-state index contributed by atoms with van der Waals surface area (Å²) >= 11 is 0. The van der Waals surface area contributed by atoms with E-state index in [1.54, 1.807) is 13.8 Å². The summed E-state index contributed by atoms with van der Waals surface area (Å²) in [4.78, 5) is 2.14. The Morgan fingerprint density at radius 3 is 2.47 bits per heavy atom. The van der Waals surface area contributed by atoms with Gasteiger partial charge in [-0.05, 0) is 39.4 Å². The minimum Gasteiger partial charge on any atom is -0.465 e. The highest BCUT2D eigenvalue weighted by molar-refractivity contribution is 5.10. The zero-order valence-electron chi connectivity index (χ0n) is 11.2. The lowest BCUT2D eigenvalue weighted by Crippen LogP contribution is -2.42. The van der Waals surface area contributed by atoms with Crippen LogP contribution in [0.1, 0.15) is 38.3 Å². The summed E-state index contributed by atoms with van der Waals surface area (Å²) in [5, 5.41) is 9.90. The van der Waals surface area contributed by atoms with Crippen LogP contribution >= 0.6 is 0 Å². The molecule has 0 aliphatic heterocycles. The fourth-order valence-electron chi connectivity index (χ4n) is 2.02. The van der Waals surface area contributed by atoms with Gasteiger partial charge < -0.3 is 15.3 Å². The molecule has 17 heavy (non-hydrogen) atoms. The number of nitrogens with zero attached hydrogens (tertiary/aromatic N) is 1. The van der Waals surface area contributed by atoms with E-state index in [2.05, 4.69) is 11.8 Å². The van der Waals surface area contributed by atoms with E-state index >= 15 is 0 Å². The Labute approximate surface area is 103 Å². The molecular formula is C13H24N2O2. The highest BCUT2D eigenvalue weighted by Gasteiger charge is 2.25. The molecule has 4 heteroatoms. The molecule has 0 radical (unpaired) electrons. The van der Waals surface area contributed by atoms with Crippen molar-refractivity contribution in [2.75, 3.05) is 19.6 Å². The molecular weight excluding hydrogens is 216 g/mol. The smallest absolute Gasteiger partial charge is 0.122 e. The van der Waals surface area contributed by atoms with Crippen LogP contribution in [0, 0.1) is 6.92 Å². The second-order valence-electron chi connectivity index (χ2n) is 5.08. The number of rotatable bonds is 6. The Balaban J connectivity index is 2.83. The normalized spacial score (nSPS) is 14.3. The van der Waals surface area contributed by atoms with Gasteiger partial charge in [0.15, 0.2) is 0 Å². The van der Waals surface area contributed by atoms with E-state index in [4.69, 9.17) is 10.2 Å². The first-order valence-corrected chi connectivity index (χ1v) is 6.10. The molecule has 0 aliphatic rings. The van der Waals surface area contributed by atoms with Crippen molar-refractivity contribution in [3.05, 3.63) is 23.7 Å². The molecule has 0 spiro atoms. The van der Waals surface area contributed by atoms with Crippen molar-refractivity contribution in [3.8, 4) is 0 Å². The first-order chi connectivity index (χ1) is 7.87. The molecule has 0 amide bonds. The van der Waals surface area contributed by atoms with Crippen molar-refractivity contribution in [1.82, 2.24) is 4.90 Å². The predicted molar refractivity (Wildman–Crippen MR) is 68.8 cm³/mol. The number of furan rings is 1. The van der Waals surface area contributed by atoms with Crippen LogP contribution in [0.4, 0.5) is 0 Å². The SMILES string of the molecule is CCN(CC(C)(C)O)C(CN)c1ccc(C)o1. The monoisotopic (exact) mass is 240 g/mol. The number of hydrogen-bond acceptors (Lipinski definition) is 4. The van der Waals surface area contributed by atoms with Crippen molar-refractivity contribution in [1.29, 1.82) is 0 Å². The fourth-order valence-corrected chi connectivity index (χ4v) is 2.02. The predicted octanol–water partition coefficient (Wildman–Crippen LogP) is 1.68. The first-order valence-electron chi connectivity index (χ1n) is 6.10. The maximum Gasteiger partial charge on any atom is 0.122 e. The van der Waals surface area contributed by atoms with E-state index in [1.807, 2.05) is 19.1 Å². The Morgan fingerprint density at radius 1 is 1.47 bits per heavy atom. The largest absolute Gasteiger partial charge is 0.465 e. The molecule has 1 unspecified atom stereocenters. The van der Waals surface area contributed by atoms with Gasteiger partial charge in [-0.25, -0.2) is 0 Å². The van der Waals surface area contributed by atoms with E-state index in [0.717, 1.165) is 18.1 Å². The molecule has 0 aromatic carbocycles. The Kier molecular flexibility index (Phi) is 4.74. The van der Waals surface area contributed by atoms with Gasteiger partial charge in [-0.3, -0.25) is 4.90 Å². The minimum atomic E-state index is -0.731. The van der Waals surface area contributed by atoms with Gasteiger partial charge in [-0.2, -0.15) is 0 Å². The van der Waals surface area contributed by atoms with Crippen LogP contribution in [0.3, 0.4) is 0 Å². The molecule has 1 heterocycles. The maximum atomic E-state index is 9.90. The lowest BCUT2D eigenvalue weighted by Gasteiger charge is -2.33. The zero-order valence-corrected chi connectivity index (χ0v) is 11.2. The van der Waals surface area contributed by atoms with Crippen LogP contribution in [0.2, 0.25) is 0 Å². The second-order valence-corrected chi connectivity index (χ2v) is 5.08. The van der Waals surface area contributed by atoms with Crippen LogP contribution in [-0.4, -0.2) is 35.2 Å². The van der Waals surface area contributed by atoms with E-state index in [-0.39, 0.29) is 6.04 Å². The molecule has 98 valence electrons. The average Bonchev–Trinajstić information content (AvgIpc) is 2.62. The molecule has 1 rings (SSSR count). The summed E-state index contributed by atoms with van der Waals surface area (Å²) in [6, 6.07) is 3.93. The van der Waals surface area contributed by atoms with E-state index in [9.17, 15) is 5.11 Å². The van der Waals surface area contributed by atoms with Gasteiger partial charge in [-0.1, -0.05) is 6.92 Å². The van der Waals surface area contributed by atoms with Gasteiger partial charge in [0.25, 0.3) is 0 Å². The summed E-state index contributed by atoms with van der Waals surface area (Å²) in [5.74, 6) is 1.76. The highest BCUT2D eigenvalue weighted by Crippen LogP contribution is 2.23. The lowest BCUT2D eigenvalue weighted by atomic mass is 10.1. The van der Waals surface area contributed by atoms with Crippen LogP contribution in [-0.2, 0) is 0 Å². The van der Waals surface area contributed by atoms with Crippen LogP contribution in [0.5, 0.6) is 0 Å². The van der Waals surface area contributed by atoms with Crippen molar-refractivity contribution in [2.24, 2.45) is 5.73 Å². The molecule has 3 N–H and O–H groups in total. The topological polar surface area (TPSA) is 62.6 Å². The van der Waals surface area contributed by atoms with Gasteiger partial charge in [-0.15, -0.1) is 0 Å². The number of likely N-dealkylation sites (N-methyl/N-ethyl adjacent to an activating group) is 1. The number of aliphatic hydroxyl groups is 1. The Hall–Kier alpha value is -0.840. The molecule has 1 aromatic rings. The summed E-state index contributed by atoms with van der Waals surface area (Å²) < 4.78 is 5.63. The maximum absolute atomic E-state index is 9.90. The number of aryl methyl sites for hydroxylation is 1. The average molecular weight is 240 g/mol. The van der Waals surface area contributed by atoms with E-state index in [1.165, 1.54) is 0 Å². The van der Waals surface area contributed by atoms with Gasteiger partial charge in [0.05, 0.1) is 11.6 Å². The molecule has 1 atom stereocenters. The first kappa shape index (κ1) is 14.2. The van der Waals surface area contributed by atoms with Crippen LogP contribution < -0.4 is 5.73 Å². The molecule has 1 aromatic heterocycles. The van der Waals surface area contributed by atoms with E-state index in [0.29, 0.717) is 13.1 Å². The molecule has 0 bridgehead atoms. The van der Waals surface area contributed by atoms with Gasteiger partial charge >= 0.3 is 0 Å². The summed E-state index contributed by atoms with van der Waals surface area (Å²) in [6.45, 7) is 9.47. The van der Waals surface area contributed by atoms with E-state index < -0.39 is 5.60 Å². The van der Waals surface area contributed by atoms with Gasteiger partial charge in [0, 0.05) is 13.1 Å². The lowest BCUT2D eigenvalue weighted by molar-refractivity contribution is 0.0201. The molecule has 4 nitrogen and oxygen atoms in total. The second kappa shape index (κ2) is 5.67. The minimum absolute atomic E-state index is 0.0279. The Bertz CT molecular complexity index is 341. The Morgan fingerprint density at radius 2 is 2.12 bits per heavy atom. The van der Waals surface area contributed by atoms with Crippen molar-refractivity contribution >= 4 is 0 Å². The molecule has 0 aliphatic carbocycles. The fraction of sp³-hybridized carbons (Fsp3) is 0.692. The molecule has 0 saturated heterocycles. The summed E-state index contributed by atoms with van der Waals surface area (Å²) in [5.41, 5.74) is 5.09. The van der Waals surface area contributed by atoms with Gasteiger partial charge in [0.1, 0.15) is 11.5 Å². The van der Waals surface area contributed by atoms with Crippen molar-refractivity contribution in [2.45, 2.75) is 39.3 Å². The summed E-state index contributed by atoms with van der Waals surface area (Å²) in [7, 11) is 0. The molecule has 0 saturated carbocycles. The van der Waals surface area contributed by atoms with Crippen LogP contribution in [0.25, 0.3) is 0 Å². The summed E-state index contributed by atoms with van der Waals surface area (Å²) in [6.07, 6.45) is 0. The molecule has 0 fully saturated rings. The third-order valence-electron chi connectivity index (χ3n) is 2.75. The number of nitrogens with two attached hydrogens (primary N) is 1. The third-order valence-corrected chi connectivity index (χ3v) is 2.75. The standard InChI is InChI=1S/C13H24N2O2/c1-5-15(9-13(3,4)16)11(8-14)12-7-6-10(2)17-12/h6-7,11,16H,5,8-9,14H2,1-4H3. The highest BCUT2D eigenvalue weighted by atomic mass is 16.3. The quantitative estimate of drug-likeness (QED) is 0.794. The van der Waals surface area contributed by atoms with Crippen molar-refractivity contribution < 1.29 is 9.52 Å². The zero-order chi connectivity index (χ0) is 13.1.